The van der Waals surface area contributed by atoms with Gasteiger partial charge in [0.2, 0.25) is 0 Å². The van der Waals surface area contributed by atoms with Crippen molar-refractivity contribution in [2.45, 2.75) is 10.9 Å². The van der Waals surface area contributed by atoms with Crippen molar-refractivity contribution in [1.29, 1.82) is 0 Å². The summed E-state index contributed by atoms with van der Waals surface area (Å²) in [5, 5.41) is 11.6. The van der Waals surface area contributed by atoms with Gasteiger partial charge in [-0.1, -0.05) is 0 Å². The van der Waals surface area contributed by atoms with E-state index >= 15 is 0 Å². The molecule has 0 bridgehead atoms. The number of β-amino-alcohol motifs (C(OH)–C–C–N with tert-alkyl or cyclic N) is 1. The van der Waals surface area contributed by atoms with E-state index < -0.39 is 32.3 Å². The number of nitrogens with one attached hydrogen (secondary N) is 1. The molecule has 0 aromatic heterocycles. The van der Waals surface area contributed by atoms with Gasteiger partial charge in [-0.05, 0) is 17.7 Å². The van der Waals surface area contributed by atoms with Crippen LogP contribution in [0, 0.1) is 11.6 Å². The summed E-state index contributed by atoms with van der Waals surface area (Å²) in [5.74, 6) is -1.73. The molecular formula is C11H13F2NO3S. The van der Waals surface area contributed by atoms with Crippen LogP contribution in [0.4, 0.5) is 8.78 Å². The molecule has 1 fully saturated rings. The molecule has 2 N–H and O–H groups in total. The van der Waals surface area contributed by atoms with Crippen molar-refractivity contribution in [2.75, 3.05) is 19.3 Å². The van der Waals surface area contributed by atoms with E-state index in [2.05, 4.69) is 5.32 Å². The highest BCUT2D eigenvalue weighted by Gasteiger charge is 2.48. The summed E-state index contributed by atoms with van der Waals surface area (Å²) in [5.41, 5.74) is -1.59. The van der Waals surface area contributed by atoms with Crippen LogP contribution in [0.3, 0.4) is 0 Å². The highest BCUT2D eigenvalue weighted by atomic mass is 32.2. The third-order valence-electron chi connectivity index (χ3n) is 2.97. The van der Waals surface area contributed by atoms with Crippen molar-refractivity contribution in [1.82, 2.24) is 5.32 Å². The summed E-state index contributed by atoms with van der Waals surface area (Å²) in [6.45, 7) is 0.145. The van der Waals surface area contributed by atoms with E-state index in [4.69, 9.17) is 0 Å². The topological polar surface area (TPSA) is 66.4 Å². The number of hydrogen-bond donors (Lipinski definition) is 2. The minimum Gasteiger partial charge on any atom is -0.386 e. The summed E-state index contributed by atoms with van der Waals surface area (Å²) >= 11 is 0. The second kappa shape index (κ2) is 4.25. The van der Waals surface area contributed by atoms with E-state index in [1.54, 1.807) is 0 Å². The minimum atomic E-state index is -3.69. The first-order valence-electron chi connectivity index (χ1n) is 5.30. The SMILES string of the molecule is CS(=O)(=O)[C@H](c1cc(F)cc(F)c1)C1(O)CNC1. The fourth-order valence-corrected chi connectivity index (χ4v) is 3.84. The Kier molecular flexibility index (Phi) is 3.16. The molecule has 1 saturated heterocycles. The van der Waals surface area contributed by atoms with Crippen LogP contribution >= 0.6 is 0 Å². The van der Waals surface area contributed by atoms with Gasteiger partial charge in [0.25, 0.3) is 0 Å². The zero-order valence-corrected chi connectivity index (χ0v) is 10.5. The molecule has 1 heterocycles. The molecule has 7 heteroatoms. The Bertz CT molecular complexity index is 549. The van der Waals surface area contributed by atoms with Crippen LogP contribution < -0.4 is 5.32 Å². The first-order valence-corrected chi connectivity index (χ1v) is 7.26. The first-order chi connectivity index (χ1) is 8.22. The lowest BCUT2D eigenvalue weighted by Gasteiger charge is -2.43. The molecule has 0 amide bonds. The van der Waals surface area contributed by atoms with Crippen LogP contribution in [0.2, 0.25) is 0 Å². The van der Waals surface area contributed by atoms with Gasteiger partial charge in [0.15, 0.2) is 9.84 Å². The van der Waals surface area contributed by atoms with E-state index in [-0.39, 0.29) is 18.7 Å². The van der Waals surface area contributed by atoms with Crippen LogP contribution in [0.1, 0.15) is 10.8 Å². The second-order valence-electron chi connectivity index (χ2n) is 4.62. The number of halogens is 2. The van der Waals surface area contributed by atoms with E-state index in [0.717, 1.165) is 18.4 Å². The third kappa shape index (κ3) is 2.38. The number of aliphatic hydroxyl groups is 1. The van der Waals surface area contributed by atoms with Crippen molar-refractivity contribution in [2.24, 2.45) is 0 Å². The van der Waals surface area contributed by atoms with Gasteiger partial charge in [-0.3, -0.25) is 0 Å². The first kappa shape index (κ1) is 13.4. The van der Waals surface area contributed by atoms with Gasteiger partial charge < -0.3 is 10.4 Å². The average Bonchev–Trinajstić information content (AvgIpc) is 2.11. The van der Waals surface area contributed by atoms with Crippen molar-refractivity contribution >= 4 is 9.84 Å². The Balaban J connectivity index is 2.53. The van der Waals surface area contributed by atoms with Crippen molar-refractivity contribution in [3.63, 3.8) is 0 Å². The van der Waals surface area contributed by atoms with Crippen LogP contribution in [-0.4, -0.2) is 38.5 Å². The highest BCUT2D eigenvalue weighted by molar-refractivity contribution is 7.91. The van der Waals surface area contributed by atoms with Crippen molar-refractivity contribution in [3.8, 4) is 0 Å². The molecule has 0 radical (unpaired) electrons. The summed E-state index contributed by atoms with van der Waals surface area (Å²) in [6.07, 6.45) is 0.941. The number of sulfone groups is 1. The monoisotopic (exact) mass is 277 g/mol. The van der Waals surface area contributed by atoms with Crippen LogP contribution in [0.15, 0.2) is 18.2 Å². The second-order valence-corrected chi connectivity index (χ2v) is 6.75. The predicted molar refractivity (Wildman–Crippen MR) is 61.8 cm³/mol. The zero-order valence-electron chi connectivity index (χ0n) is 9.65. The fraction of sp³-hybridized carbons (Fsp3) is 0.455. The summed E-state index contributed by atoms with van der Waals surface area (Å²) in [7, 11) is -3.69. The van der Waals surface area contributed by atoms with Gasteiger partial charge in [-0.25, -0.2) is 17.2 Å². The smallest absolute Gasteiger partial charge is 0.157 e. The molecule has 0 saturated carbocycles. The zero-order chi connectivity index (χ0) is 13.6. The average molecular weight is 277 g/mol. The largest absolute Gasteiger partial charge is 0.386 e. The maximum Gasteiger partial charge on any atom is 0.157 e. The molecule has 1 aromatic rings. The normalized spacial score (nSPS) is 20.2. The lowest BCUT2D eigenvalue weighted by molar-refractivity contribution is -0.0140. The Labute approximate surface area is 104 Å². The Morgan fingerprint density at radius 3 is 2.11 bits per heavy atom. The lowest BCUT2D eigenvalue weighted by atomic mass is 9.88. The van der Waals surface area contributed by atoms with E-state index in [9.17, 15) is 22.3 Å². The molecule has 1 aliphatic rings. The molecule has 1 aliphatic heterocycles. The quantitative estimate of drug-likeness (QED) is 0.838. The molecule has 0 spiro atoms. The van der Waals surface area contributed by atoms with Gasteiger partial charge in [-0.2, -0.15) is 0 Å². The van der Waals surface area contributed by atoms with Crippen molar-refractivity contribution in [3.05, 3.63) is 35.4 Å². The van der Waals surface area contributed by atoms with Gasteiger partial charge >= 0.3 is 0 Å². The van der Waals surface area contributed by atoms with Crippen LogP contribution in [0.25, 0.3) is 0 Å². The third-order valence-corrected chi connectivity index (χ3v) is 4.53. The van der Waals surface area contributed by atoms with Gasteiger partial charge in [0.1, 0.15) is 22.5 Å². The van der Waals surface area contributed by atoms with E-state index in [1.807, 2.05) is 0 Å². The Hall–Kier alpha value is -1.05. The lowest BCUT2D eigenvalue weighted by Crippen LogP contribution is -2.64. The minimum absolute atomic E-state index is 0.0704. The predicted octanol–water partition coefficient (Wildman–Crippen LogP) is 0.385. The summed E-state index contributed by atoms with van der Waals surface area (Å²) < 4.78 is 49.8. The van der Waals surface area contributed by atoms with E-state index in [0.29, 0.717) is 6.07 Å². The van der Waals surface area contributed by atoms with Gasteiger partial charge in [-0.15, -0.1) is 0 Å². The van der Waals surface area contributed by atoms with Gasteiger partial charge in [0.05, 0.1) is 0 Å². The van der Waals surface area contributed by atoms with Crippen LogP contribution in [0.5, 0.6) is 0 Å². The Morgan fingerprint density at radius 2 is 1.78 bits per heavy atom. The van der Waals surface area contributed by atoms with Gasteiger partial charge in [0, 0.05) is 25.4 Å². The molecule has 4 nitrogen and oxygen atoms in total. The highest BCUT2D eigenvalue weighted by Crippen LogP contribution is 2.36. The molecule has 1 aromatic carbocycles. The molecule has 18 heavy (non-hydrogen) atoms. The molecule has 100 valence electrons. The maximum atomic E-state index is 13.2. The summed E-state index contributed by atoms with van der Waals surface area (Å²) in [6, 6.07) is 2.53. The number of benzene rings is 1. The number of hydrogen-bond acceptors (Lipinski definition) is 4. The molecule has 2 rings (SSSR count). The molecule has 0 aliphatic carbocycles. The van der Waals surface area contributed by atoms with Crippen molar-refractivity contribution < 1.29 is 22.3 Å². The molecular weight excluding hydrogens is 264 g/mol. The molecule has 1 atom stereocenters. The standard InChI is InChI=1S/C11H13F2NO3S/c1-18(16,17)10(11(15)5-14-6-11)7-2-8(12)4-9(13)3-7/h2-4,10,14-15H,5-6H2,1H3/t10-/m1/s1. The molecule has 0 unspecified atom stereocenters. The summed E-state index contributed by atoms with van der Waals surface area (Å²) in [4.78, 5) is 0. The number of rotatable bonds is 3. The Morgan fingerprint density at radius 1 is 1.28 bits per heavy atom. The van der Waals surface area contributed by atoms with Crippen LogP contribution in [-0.2, 0) is 9.84 Å². The fourth-order valence-electron chi connectivity index (χ4n) is 2.25. The van der Waals surface area contributed by atoms with E-state index in [1.165, 1.54) is 0 Å². The maximum absolute atomic E-state index is 13.2.